The van der Waals surface area contributed by atoms with Crippen LogP contribution in [0.25, 0.3) is 0 Å². The lowest BCUT2D eigenvalue weighted by atomic mass is 9.94. The summed E-state index contributed by atoms with van der Waals surface area (Å²) in [6.45, 7) is 0. The van der Waals surface area contributed by atoms with Gasteiger partial charge >= 0.3 is 0 Å². The third-order valence-corrected chi connectivity index (χ3v) is 5.78. The summed E-state index contributed by atoms with van der Waals surface area (Å²) in [5.74, 6) is 0. The third-order valence-electron chi connectivity index (χ3n) is 3.70. The lowest BCUT2D eigenvalue weighted by Gasteiger charge is -2.32. The van der Waals surface area contributed by atoms with E-state index in [1.54, 1.807) is 6.07 Å². The van der Waals surface area contributed by atoms with Gasteiger partial charge in [0.05, 0.1) is 16.3 Å². The van der Waals surface area contributed by atoms with Crippen molar-refractivity contribution in [1.29, 1.82) is 0 Å². The number of anilines is 2. The molecule has 1 aromatic rings. The molecule has 0 saturated heterocycles. The predicted octanol–water partition coefficient (Wildman–Crippen LogP) is 2.00. The van der Waals surface area contributed by atoms with Gasteiger partial charge in [-0.05, 0) is 37.3 Å². The Labute approximate surface area is 124 Å². The van der Waals surface area contributed by atoms with Gasteiger partial charge in [-0.25, -0.2) is 13.6 Å². The fourth-order valence-corrected chi connectivity index (χ4v) is 4.06. The molecule has 2 rings (SSSR count). The largest absolute Gasteiger partial charge is 0.397 e. The van der Waals surface area contributed by atoms with Crippen molar-refractivity contribution < 1.29 is 8.42 Å². The van der Waals surface area contributed by atoms with E-state index in [1.807, 2.05) is 11.8 Å². The smallest absolute Gasteiger partial charge is 0.238 e. The van der Waals surface area contributed by atoms with Gasteiger partial charge in [0.25, 0.3) is 0 Å². The molecule has 0 bridgehead atoms. The summed E-state index contributed by atoms with van der Waals surface area (Å²) in [7, 11) is -3.70. The number of benzene rings is 1. The number of nitrogens with one attached hydrogen (secondary N) is 1. The fourth-order valence-electron chi connectivity index (χ4n) is 2.58. The number of nitrogens with two attached hydrogens (primary N) is 2. The van der Waals surface area contributed by atoms with Gasteiger partial charge in [0.15, 0.2) is 0 Å². The highest BCUT2D eigenvalue weighted by Crippen LogP contribution is 2.31. The molecule has 2 unspecified atom stereocenters. The van der Waals surface area contributed by atoms with Crippen LogP contribution < -0.4 is 16.2 Å². The molecule has 1 fully saturated rings. The fraction of sp³-hybridized carbons (Fsp3) is 0.538. The monoisotopic (exact) mass is 315 g/mol. The first-order valence-electron chi connectivity index (χ1n) is 6.63. The molecule has 1 aromatic carbocycles. The average molecular weight is 315 g/mol. The molecule has 20 heavy (non-hydrogen) atoms. The lowest BCUT2D eigenvalue weighted by Crippen LogP contribution is -2.34. The number of rotatable bonds is 4. The van der Waals surface area contributed by atoms with Crippen molar-refractivity contribution in [2.24, 2.45) is 5.14 Å². The Morgan fingerprint density at radius 2 is 2.00 bits per heavy atom. The van der Waals surface area contributed by atoms with Gasteiger partial charge in [0.2, 0.25) is 10.0 Å². The summed E-state index contributed by atoms with van der Waals surface area (Å²) in [6.07, 6.45) is 6.78. The molecule has 0 heterocycles. The zero-order valence-corrected chi connectivity index (χ0v) is 13.1. The summed E-state index contributed by atoms with van der Waals surface area (Å²) >= 11 is 1.84. The van der Waals surface area contributed by atoms with E-state index in [1.165, 1.54) is 31.4 Å². The topological polar surface area (TPSA) is 98.2 Å². The van der Waals surface area contributed by atoms with Crippen molar-refractivity contribution in [1.82, 2.24) is 0 Å². The van der Waals surface area contributed by atoms with Crippen LogP contribution in [-0.4, -0.2) is 26.0 Å². The Morgan fingerprint density at radius 1 is 1.30 bits per heavy atom. The minimum Gasteiger partial charge on any atom is -0.397 e. The second-order valence-electron chi connectivity index (χ2n) is 5.10. The Balaban J connectivity index is 2.24. The molecule has 0 radical (unpaired) electrons. The van der Waals surface area contributed by atoms with E-state index in [9.17, 15) is 8.42 Å². The van der Waals surface area contributed by atoms with Gasteiger partial charge in [0.1, 0.15) is 0 Å². The first kappa shape index (κ1) is 15.5. The highest BCUT2D eigenvalue weighted by Gasteiger charge is 2.25. The van der Waals surface area contributed by atoms with Crippen molar-refractivity contribution >= 4 is 33.2 Å². The second-order valence-corrected chi connectivity index (χ2v) is 7.74. The molecule has 1 saturated carbocycles. The van der Waals surface area contributed by atoms with Crippen LogP contribution in [0.15, 0.2) is 23.1 Å². The van der Waals surface area contributed by atoms with E-state index in [-0.39, 0.29) is 4.90 Å². The normalized spacial score (nSPS) is 23.5. The third kappa shape index (κ3) is 3.59. The van der Waals surface area contributed by atoms with E-state index >= 15 is 0 Å². The van der Waals surface area contributed by atoms with Gasteiger partial charge in [-0.1, -0.05) is 12.8 Å². The van der Waals surface area contributed by atoms with Crippen LogP contribution in [0.5, 0.6) is 0 Å². The molecule has 0 aromatic heterocycles. The molecule has 5 nitrogen and oxygen atoms in total. The highest BCUT2D eigenvalue weighted by atomic mass is 32.2. The van der Waals surface area contributed by atoms with Gasteiger partial charge < -0.3 is 11.1 Å². The number of thioether (sulfide) groups is 1. The molecule has 0 aliphatic heterocycles. The summed E-state index contributed by atoms with van der Waals surface area (Å²) in [5.41, 5.74) is 7.13. The maximum Gasteiger partial charge on any atom is 0.238 e. The standard InChI is InChI=1S/C13H21N3O2S2/c1-19-13-5-3-2-4-11(13)16-12-8-9(20(15,17)18)6-7-10(12)14/h6-8,11,13,16H,2-5,14H2,1H3,(H2,15,17,18). The van der Waals surface area contributed by atoms with E-state index in [2.05, 4.69) is 11.6 Å². The van der Waals surface area contributed by atoms with E-state index < -0.39 is 10.0 Å². The Bertz CT molecular complexity index is 575. The maximum atomic E-state index is 11.4. The van der Waals surface area contributed by atoms with Crippen LogP contribution in [0.4, 0.5) is 11.4 Å². The Kier molecular flexibility index (Phi) is 4.82. The zero-order chi connectivity index (χ0) is 14.8. The first-order valence-corrected chi connectivity index (χ1v) is 9.47. The molecule has 1 aliphatic carbocycles. The lowest BCUT2D eigenvalue weighted by molar-refractivity contribution is 0.475. The maximum absolute atomic E-state index is 11.4. The van der Waals surface area contributed by atoms with Gasteiger partial charge in [0, 0.05) is 11.3 Å². The number of hydrogen-bond acceptors (Lipinski definition) is 5. The Morgan fingerprint density at radius 3 is 2.65 bits per heavy atom. The average Bonchev–Trinajstić information content (AvgIpc) is 2.40. The number of primary sulfonamides is 1. The quantitative estimate of drug-likeness (QED) is 0.738. The molecule has 112 valence electrons. The summed E-state index contributed by atoms with van der Waals surface area (Å²) in [6, 6.07) is 4.86. The van der Waals surface area contributed by atoms with E-state index in [4.69, 9.17) is 10.9 Å². The highest BCUT2D eigenvalue weighted by molar-refractivity contribution is 7.99. The number of sulfonamides is 1. The first-order chi connectivity index (χ1) is 9.41. The van der Waals surface area contributed by atoms with Gasteiger partial charge in [-0.2, -0.15) is 11.8 Å². The molecule has 1 aliphatic rings. The van der Waals surface area contributed by atoms with Gasteiger partial charge in [-0.15, -0.1) is 0 Å². The molecule has 0 amide bonds. The van der Waals surface area contributed by atoms with Crippen LogP contribution in [0.1, 0.15) is 25.7 Å². The predicted molar refractivity (Wildman–Crippen MR) is 85.4 cm³/mol. The van der Waals surface area contributed by atoms with Crippen LogP contribution in [0, 0.1) is 0 Å². The zero-order valence-electron chi connectivity index (χ0n) is 11.5. The van der Waals surface area contributed by atoms with E-state index in [0.717, 1.165) is 6.42 Å². The molecule has 7 heteroatoms. The summed E-state index contributed by atoms with van der Waals surface area (Å²) < 4.78 is 22.8. The summed E-state index contributed by atoms with van der Waals surface area (Å²) in [5, 5.41) is 9.09. The molecule has 0 spiro atoms. The molecule has 5 N–H and O–H groups in total. The van der Waals surface area contributed by atoms with Crippen molar-refractivity contribution in [3.8, 4) is 0 Å². The number of nitrogen functional groups attached to an aromatic ring is 1. The van der Waals surface area contributed by atoms with E-state index in [0.29, 0.717) is 22.7 Å². The Hall–Kier alpha value is -0.920. The van der Waals surface area contributed by atoms with Crippen molar-refractivity contribution in [2.45, 2.75) is 41.9 Å². The molecular formula is C13H21N3O2S2. The van der Waals surface area contributed by atoms with Crippen LogP contribution >= 0.6 is 11.8 Å². The van der Waals surface area contributed by atoms with Crippen LogP contribution in [0.3, 0.4) is 0 Å². The molecule has 2 atom stereocenters. The van der Waals surface area contributed by atoms with Crippen molar-refractivity contribution in [2.75, 3.05) is 17.3 Å². The second kappa shape index (κ2) is 6.24. The number of hydrogen-bond donors (Lipinski definition) is 3. The SMILES string of the molecule is CSC1CCCCC1Nc1cc(S(N)(=O)=O)ccc1N. The molecular weight excluding hydrogens is 294 g/mol. The van der Waals surface area contributed by atoms with Gasteiger partial charge in [-0.3, -0.25) is 0 Å². The van der Waals surface area contributed by atoms with Crippen molar-refractivity contribution in [3.05, 3.63) is 18.2 Å². The minimum atomic E-state index is -3.70. The van der Waals surface area contributed by atoms with Crippen LogP contribution in [0.2, 0.25) is 0 Å². The minimum absolute atomic E-state index is 0.0886. The summed E-state index contributed by atoms with van der Waals surface area (Å²) in [4.78, 5) is 0.0886. The van der Waals surface area contributed by atoms with Crippen LogP contribution in [-0.2, 0) is 10.0 Å². The van der Waals surface area contributed by atoms with Crippen molar-refractivity contribution in [3.63, 3.8) is 0 Å².